The zero-order chi connectivity index (χ0) is 19.1. The molecule has 6 heteroatoms. The van der Waals surface area contributed by atoms with Crippen LogP contribution in [0.4, 0.5) is 0 Å². The number of allylic oxidation sites excluding steroid dienone is 1. The molecule has 0 bridgehead atoms. The number of nitrogens with zero attached hydrogens (tertiary/aromatic N) is 2. The maximum absolute atomic E-state index is 11.7. The molecule has 0 saturated carbocycles. The summed E-state index contributed by atoms with van der Waals surface area (Å²) < 4.78 is 5.09. The van der Waals surface area contributed by atoms with Crippen molar-refractivity contribution in [2.45, 2.75) is 38.9 Å². The number of esters is 1. The van der Waals surface area contributed by atoms with Crippen LogP contribution in [0.2, 0.25) is 0 Å². The molecule has 2 unspecified atom stereocenters. The largest absolute Gasteiger partial charge is 0.457 e. The lowest BCUT2D eigenvalue weighted by molar-refractivity contribution is -0.135. The molecule has 2 heterocycles. The van der Waals surface area contributed by atoms with Gasteiger partial charge >= 0.3 is 5.97 Å². The summed E-state index contributed by atoms with van der Waals surface area (Å²) in [4.78, 5) is 16.2. The van der Waals surface area contributed by atoms with Crippen molar-refractivity contribution in [2.75, 3.05) is 45.9 Å². The quantitative estimate of drug-likeness (QED) is 0.521. The Morgan fingerprint density at radius 1 is 1.23 bits per heavy atom. The first-order chi connectivity index (χ1) is 12.4. The Kier molecular flexibility index (Phi) is 8.03. The van der Waals surface area contributed by atoms with Crippen LogP contribution in [0.3, 0.4) is 0 Å². The Balaban J connectivity index is 1.90. The maximum atomic E-state index is 11.7. The Bertz CT molecular complexity index is 568. The molecule has 2 atom stereocenters. The lowest BCUT2D eigenvalue weighted by Crippen LogP contribution is -2.37. The average Bonchev–Trinajstić information content (AvgIpc) is 2.79. The molecule has 2 aliphatic heterocycles. The first-order valence-corrected chi connectivity index (χ1v) is 9.48. The van der Waals surface area contributed by atoms with Gasteiger partial charge in [0.2, 0.25) is 0 Å². The Labute approximate surface area is 156 Å². The lowest BCUT2D eigenvalue weighted by atomic mass is 10.0. The van der Waals surface area contributed by atoms with Gasteiger partial charge in [-0.25, -0.2) is 4.79 Å². The molecule has 2 N–H and O–H groups in total. The Morgan fingerprint density at radius 2 is 1.88 bits per heavy atom. The summed E-state index contributed by atoms with van der Waals surface area (Å²) in [6.45, 7) is 12.9. The minimum Gasteiger partial charge on any atom is -0.457 e. The van der Waals surface area contributed by atoms with Gasteiger partial charge in [0.1, 0.15) is 6.61 Å². The summed E-state index contributed by atoms with van der Waals surface area (Å²) >= 11 is 0. The summed E-state index contributed by atoms with van der Waals surface area (Å²) in [6.07, 6.45) is 4.41. The van der Waals surface area contributed by atoms with E-state index >= 15 is 0 Å². The van der Waals surface area contributed by atoms with Crippen molar-refractivity contribution in [1.82, 2.24) is 9.80 Å². The molecule has 2 saturated heterocycles. The number of β-amino-alcohol motifs (C(OH)–C–C–N with tert-alkyl or cyclic N) is 2. The highest BCUT2D eigenvalue weighted by atomic mass is 16.5. The molecule has 0 aromatic carbocycles. The van der Waals surface area contributed by atoms with Crippen molar-refractivity contribution in [3.63, 3.8) is 0 Å². The molecule has 0 aliphatic carbocycles. The van der Waals surface area contributed by atoms with E-state index in [0.717, 1.165) is 44.6 Å². The van der Waals surface area contributed by atoms with Gasteiger partial charge in [0.05, 0.1) is 17.8 Å². The number of hydrogen-bond acceptors (Lipinski definition) is 6. The normalized spacial score (nSPS) is 25.3. The third kappa shape index (κ3) is 6.06. The van der Waals surface area contributed by atoms with E-state index in [0.29, 0.717) is 24.2 Å². The molecule has 0 spiro atoms. The van der Waals surface area contributed by atoms with E-state index in [-0.39, 0.29) is 18.7 Å². The minimum absolute atomic E-state index is 0.244. The van der Waals surface area contributed by atoms with Crippen LogP contribution in [0.5, 0.6) is 0 Å². The SMILES string of the molecule is C=C(/C=C1/COC(=O)/C1=C/CC)C(O)CN1CCCN(CC(C)O)CC1. The minimum atomic E-state index is -0.676. The van der Waals surface area contributed by atoms with Crippen molar-refractivity contribution in [1.29, 1.82) is 0 Å². The molecule has 0 radical (unpaired) electrons. The summed E-state index contributed by atoms with van der Waals surface area (Å²) in [7, 11) is 0. The highest BCUT2D eigenvalue weighted by Crippen LogP contribution is 2.23. The monoisotopic (exact) mass is 364 g/mol. The number of aliphatic hydroxyl groups is 2. The number of ether oxygens (including phenoxy) is 1. The van der Waals surface area contributed by atoms with Crippen LogP contribution < -0.4 is 0 Å². The number of carbonyl (C=O) groups excluding carboxylic acids is 1. The van der Waals surface area contributed by atoms with Crippen LogP contribution in [0, 0.1) is 0 Å². The van der Waals surface area contributed by atoms with Gasteiger partial charge in [-0.2, -0.15) is 0 Å². The second kappa shape index (κ2) is 10.0. The average molecular weight is 364 g/mol. The molecule has 2 rings (SSSR count). The Hall–Kier alpha value is -1.47. The number of cyclic esters (lactones) is 1. The summed E-state index contributed by atoms with van der Waals surface area (Å²) in [5.41, 5.74) is 1.98. The summed E-state index contributed by atoms with van der Waals surface area (Å²) in [6, 6.07) is 0. The second-order valence-electron chi connectivity index (χ2n) is 7.17. The number of hydrogen-bond donors (Lipinski definition) is 2. The molecule has 0 aromatic heterocycles. The van der Waals surface area contributed by atoms with E-state index in [1.54, 1.807) is 6.08 Å². The van der Waals surface area contributed by atoms with Crippen LogP contribution in [-0.2, 0) is 9.53 Å². The second-order valence-corrected chi connectivity index (χ2v) is 7.17. The van der Waals surface area contributed by atoms with Crippen LogP contribution >= 0.6 is 0 Å². The molecular formula is C20H32N2O4. The fraction of sp³-hybridized carbons (Fsp3) is 0.650. The molecule has 6 nitrogen and oxygen atoms in total. The van der Waals surface area contributed by atoms with Gasteiger partial charge in [0.25, 0.3) is 0 Å². The van der Waals surface area contributed by atoms with Gasteiger partial charge in [-0.05, 0) is 44.5 Å². The molecular weight excluding hydrogens is 332 g/mol. The van der Waals surface area contributed by atoms with Crippen molar-refractivity contribution in [3.8, 4) is 0 Å². The summed E-state index contributed by atoms with van der Waals surface area (Å²) in [5.74, 6) is -0.300. The molecule has 2 fully saturated rings. The topological polar surface area (TPSA) is 73.2 Å². The maximum Gasteiger partial charge on any atom is 0.338 e. The van der Waals surface area contributed by atoms with E-state index in [9.17, 15) is 15.0 Å². The first-order valence-electron chi connectivity index (χ1n) is 9.48. The number of aliphatic hydroxyl groups excluding tert-OH is 2. The van der Waals surface area contributed by atoms with E-state index in [1.807, 2.05) is 19.9 Å². The number of rotatable bonds is 7. The lowest BCUT2D eigenvalue weighted by Gasteiger charge is -2.24. The zero-order valence-electron chi connectivity index (χ0n) is 16.0. The van der Waals surface area contributed by atoms with Crippen molar-refractivity contribution < 1.29 is 19.7 Å². The smallest absolute Gasteiger partial charge is 0.338 e. The molecule has 0 aromatic rings. The molecule has 26 heavy (non-hydrogen) atoms. The van der Waals surface area contributed by atoms with Crippen molar-refractivity contribution in [2.24, 2.45) is 0 Å². The van der Waals surface area contributed by atoms with Gasteiger partial charge in [0, 0.05) is 31.8 Å². The molecule has 146 valence electrons. The van der Waals surface area contributed by atoms with Crippen molar-refractivity contribution >= 4 is 5.97 Å². The third-order valence-electron chi connectivity index (χ3n) is 4.76. The number of carbonyl (C=O) groups is 1. The van der Waals surface area contributed by atoms with Crippen molar-refractivity contribution in [3.05, 3.63) is 35.5 Å². The van der Waals surface area contributed by atoms with E-state index in [1.165, 1.54) is 0 Å². The molecule has 0 amide bonds. The van der Waals surface area contributed by atoms with Crippen LogP contribution in [0.15, 0.2) is 35.5 Å². The third-order valence-corrected chi connectivity index (χ3v) is 4.76. The summed E-state index contributed by atoms with van der Waals surface area (Å²) in [5, 5.41) is 20.1. The standard InChI is InChI=1S/C20H32N2O4/c1-4-6-18-17(14-26-20(18)25)11-15(2)19(24)13-22-8-5-7-21(9-10-22)12-16(3)23/h6,11,16,19,23-24H,2,4-5,7-10,12-14H2,1,3H3/b17-11-,18-6+. The van der Waals surface area contributed by atoms with Gasteiger partial charge in [-0.1, -0.05) is 19.6 Å². The van der Waals surface area contributed by atoms with E-state index < -0.39 is 6.10 Å². The highest BCUT2D eigenvalue weighted by Gasteiger charge is 2.25. The van der Waals surface area contributed by atoms with Gasteiger partial charge < -0.3 is 14.9 Å². The Morgan fingerprint density at radius 3 is 2.50 bits per heavy atom. The highest BCUT2D eigenvalue weighted by molar-refractivity contribution is 5.96. The van der Waals surface area contributed by atoms with Gasteiger partial charge in [-0.15, -0.1) is 0 Å². The fourth-order valence-corrected chi connectivity index (χ4v) is 3.41. The molecule has 2 aliphatic rings. The van der Waals surface area contributed by atoms with Crippen LogP contribution in [-0.4, -0.2) is 84.1 Å². The first kappa shape index (κ1) is 20.8. The van der Waals surface area contributed by atoms with Crippen LogP contribution in [0.25, 0.3) is 0 Å². The predicted octanol–water partition coefficient (Wildman–Crippen LogP) is 1.11. The zero-order valence-corrected chi connectivity index (χ0v) is 16.0. The fourth-order valence-electron chi connectivity index (χ4n) is 3.41. The predicted molar refractivity (Wildman–Crippen MR) is 102 cm³/mol. The van der Waals surface area contributed by atoms with E-state index in [4.69, 9.17) is 4.74 Å². The van der Waals surface area contributed by atoms with Crippen LogP contribution in [0.1, 0.15) is 26.7 Å². The van der Waals surface area contributed by atoms with Gasteiger partial charge in [0.15, 0.2) is 0 Å². The van der Waals surface area contributed by atoms with E-state index in [2.05, 4.69) is 16.4 Å². The van der Waals surface area contributed by atoms with Gasteiger partial charge in [-0.3, -0.25) is 9.80 Å².